The molecule has 1 N–H and O–H groups in total. The second-order valence-corrected chi connectivity index (χ2v) is 8.05. The fourth-order valence-electron chi connectivity index (χ4n) is 2.50. The second-order valence-electron chi connectivity index (χ2n) is 6.38. The highest BCUT2D eigenvalue weighted by molar-refractivity contribution is 8.15. The molecule has 2 aromatic carbocycles. The van der Waals surface area contributed by atoms with Crippen LogP contribution >= 0.6 is 11.8 Å². The minimum atomic E-state index is -0.195. The molecule has 3 rings (SSSR count). The van der Waals surface area contributed by atoms with Gasteiger partial charge in [0.05, 0.1) is 12.2 Å². The quantitative estimate of drug-likeness (QED) is 0.844. The number of benzene rings is 2. The van der Waals surface area contributed by atoms with E-state index in [1.54, 1.807) is 16.7 Å². The van der Waals surface area contributed by atoms with Crippen LogP contribution in [-0.2, 0) is 0 Å². The molecule has 4 nitrogen and oxygen atoms in total. The molecule has 5 heteroatoms. The van der Waals surface area contributed by atoms with Gasteiger partial charge in [0.15, 0.2) is 5.17 Å². The van der Waals surface area contributed by atoms with Crippen molar-refractivity contribution in [3.63, 3.8) is 0 Å². The Labute approximate surface area is 147 Å². The number of aryl methyl sites for hydroxylation is 1. The minimum absolute atomic E-state index is 0.00327. The highest BCUT2D eigenvalue weighted by Crippen LogP contribution is 2.36. The molecule has 1 aliphatic heterocycles. The smallest absolute Gasteiger partial charge is 0.307 e. The number of thioether (sulfide) groups is 1. The average Bonchev–Trinajstić information content (AvgIpc) is 2.90. The van der Waals surface area contributed by atoms with E-state index in [4.69, 9.17) is 0 Å². The first kappa shape index (κ1) is 16.6. The molecule has 0 fully saturated rings. The van der Waals surface area contributed by atoms with Crippen molar-refractivity contribution in [2.75, 3.05) is 16.8 Å². The van der Waals surface area contributed by atoms with Crippen molar-refractivity contribution in [1.29, 1.82) is 0 Å². The van der Waals surface area contributed by atoms with Crippen molar-refractivity contribution in [2.24, 2.45) is 4.99 Å². The molecular formula is C19H21N3OS. The summed E-state index contributed by atoms with van der Waals surface area (Å²) in [6.07, 6.45) is 0. The van der Waals surface area contributed by atoms with E-state index in [2.05, 4.69) is 24.2 Å². The highest BCUT2D eigenvalue weighted by atomic mass is 32.2. The minimum Gasteiger partial charge on any atom is -0.307 e. The largest absolute Gasteiger partial charge is 0.332 e. The van der Waals surface area contributed by atoms with E-state index in [9.17, 15) is 4.79 Å². The van der Waals surface area contributed by atoms with Crippen molar-refractivity contribution in [3.05, 3.63) is 60.2 Å². The van der Waals surface area contributed by atoms with Crippen LogP contribution in [0.2, 0.25) is 0 Å². The van der Waals surface area contributed by atoms with Crippen LogP contribution in [0.5, 0.6) is 0 Å². The summed E-state index contributed by atoms with van der Waals surface area (Å²) >= 11 is 1.63. The summed E-state index contributed by atoms with van der Waals surface area (Å²) in [7, 11) is 0. The number of amidine groups is 1. The number of amides is 2. The molecule has 2 amide bonds. The first-order valence-electron chi connectivity index (χ1n) is 7.91. The van der Waals surface area contributed by atoms with Crippen LogP contribution in [0.1, 0.15) is 19.4 Å². The Morgan fingerprint density at radius 1 is 1.12 bits per heavy atom. The van der Waals surface area contributed by atoms with Crippen LogP contribution in [0.15, 0.2) is 59.6 Å². The average molecular weight is 339 g/mol. The summed E-state index contributed by atoms with van der Waals surface area (Å²) in [5, 5.41) is 3.70. The molecule has 0 bridgehead atoms. The van der Waals surface area contributed by atoms with Crippen LogP contribution in [0.25, 0.3) is 0 Å². The van der Waals surface area contributed by atoms with Crippen molar-refractivity contribution in [1.82, 2.24) is 0 Å². The number of aliphatic imine (C=N–C) groups is 1. The lowest BCUT2D eigenvalue weighted by molar-refractivity contribution is 0.259. The maximum Gasteiger partial charge on any atom is 0.332 e. The zero-order valence-corrected chi connectivity index (χ0v) is 14.9. The standard InChI is InChI=1S/C19H21N3OS/c1-14-9-7-8-12-16(14)22(18-20-13-19(2,3)24-18)17(23)21-15-10-5-4-6-11-15/h4-12H,13H2,1-3H3,(H,21,23). The maximum absolute atomic E-state index is 13.0. The zero-order valence-electron chi connectivity index (χ0n) is 14.1. The number of hydrogen-bond acceptors (Lipinski definition) is 3. The van der Waals surface area contributed by atoms with Gasteiger partial charge in [-0.05, 0) is 44.5 Å². The summed E-state index contributed by atoms with van der Waals surface area (Å²) in [6, 6.07) is 17.2. The Morgan fingerprint density at radius 3 is 2.42 bits per heavy atom. The predicted molar refractivity (Wildman–Crippen MR) is 103 cm³/mol. The van der Waals surface area contributed by atoms with Gasteiger partial charge < -0.3 is 5.32 Å². The lowest BCUT2D eigenvalue weighted by atomic mass is 10.2. The van der Waals surface area contributed by atoms with Gasteiger partial charge in [-0.15, -0.1) is 0 Å². The number of rotatable bonds is 2. The molecule has 0 saturated carbocycles. The van der Waals surface area contributed by atoms with Gasteiger partial charge in [-0.25, -0.2) is 9.69 Å². The fraction of sp³-hybridized carbons (Fsp3) is 0.263. The first-order chi connectivity index (χ1) is 11.5. The van der Waals surface area contributed by atoms with E-state index in [1.165, 1.54) is 0 Å². The molecule has 0 unspecified atom stereocenters. The molecule has 1 aliphatic rings. The van der Waals surface area contributed by atoms with E-state index in [0.29, 0.717) is 6.54 Å². The molecule has 0 aliphatic carbocycles. The summed E-state index contributed by atoms with van der Waals surface area (Å²) in [5.74, 6) is 0. The Balaban J connectivity index is 1.94. The van der Waals surface area contributed by atoms with Crippen LogP contribution in [-0.4, -0.2) is 22.5 Å². The summed E-state index contributed by atoms with van der Waals surface area (Å²) in [5.41, 5.74) is 2.66. The third-order valence-electron chi connectivity index (χ3n) is 3.74. The van der Waals surface area contributed by atoms with Gasteiger partial charge in [0, 0.05) is 10.4 Å². The molecule has 2 aromatic rings. The van der Waals surface area contributed by atoms with Crippen molar-refractivity contribution < 1.29 is 4.79 Å². The summed E-state index contributed by atoms with van der Waals surface area (Å²) in [6.45, 7) is 6.98. The van der Waals surface area contributed by atoms with Crippen molar-refractivity contribution in [2.45, 2.75) is 25.5 Å². The van der Waals surface area contributed by atoms with Gasteiger partial charge in [0.25, 0.3) is 0 Å². The van der Waals surface area contributed by atoms with E-state index in [-0.39, 0.29) is 10.8 Å². The molecule has 1 heterocycles. The van der Waals surface area contributed by atoms with Crippen molar-refractivity contribution in [3.8, 4) is 0 Å². The topological polar surface area (TPSA) is 44.7 Å². The summed E-state index contributed by atoms with van der Waals surface area (Å²) < 4.78 is 0.00327. The number of nitrogens with one attached hydrogen (secondary N) is 1. The zero-order chi connectivity index (χ0) is 17.2. The molecule has 0 spiro atoms. The van der Waals surface area contributed by atoms with E-state index in [1.807, 2.05) is 61.5 Å². The van der Waals surface area contributed by atoms with Crippen molar-refractivity contribution >= 4 is 34.3 Å². The Kier molecular flexibility index (Phi) is 4.62. The van der Waals surface area contributed by atoms with Gasteiger partial charge in [-0.2, -0.15) is 0 Å². The normalized spacial score (nSPS) is 15.7. The molecule has 0 aromatic heterocycles. The molecule has 24 heavy (non-hydrogen) atoms. The Hall–Kier alpha value is -2.27. The van der Waals surface area contributed by atoms with Gasteiger partial charge in [0.1, 0.15) is 0 Å². The lowest BCUT2D eigenvalue weighted by Crippen LogP contribution is -2.39. The fourth-order valence-corrected chi connectivity index (χ4v) is 3.53. The third-order valence-corrected chi connectivity index (χ3v) is 4.91. The van der Waals surface area contributed by atoms with E-state index >= 15 is 0 Å². The predicted octanol–water partition coefficient (Wildman–Crippen LogP) is 4.91. The van der Waals surface area contributed by atoms with Gasteiger partial charge in [-0.1, -0.05) is 48.2 Å². The monoisotopic (exact) mass is 339 g/mol. The number of urea groups is 1. The molecule has 0 atom stereocenters. The highest BCUT2D eigenvalue weighted by Gasteiger charge is 2.34. The Bertz CT molecular complexity index is 771. The van der Waals surface area contributed by atoms with E-state index < -0.39 is 0 Å². The molecular weight excluding hydrogens is 318 g/mol. The number of hydrogen-bond donors (Lipinski definition) is 1. The van der Waals surface area contributed by atoms with Crippen LogP contribution in [0.3, 0.4) is 0 Å². The van der Waals surface area contributed by atoms with Crippen LogP contribution in [0, 0.1) is 6.92 Å². The van der Waals surface area contributed by atoms with Gasteiger partial charge in [0.2, 0.25) is 0 Å². The van der Waals surface area contributed by atoms with Gasteiger partial charge >= 0.3 is 6.03 Å². The number of nitrogens with zero attached hydrogens (tertiary/aromatic N) is 2. The third kappa shape index (κ3) is 3.62. The Morgan fingerprint density at radius 2 is 1.79 bits per heavy atom. The number of carbonyl (C=O) groups excluding carboxylic acids is 1. The number of carbonyl (C=O) groups is 1. The number of para-hydroxylation sites is 2. The van der Waals surface area contributed by atoms with Crippen LogP contribution in [0.4, 0.5) is 16.2 Å². The molecule has 0 saturated heterocycles. The lowest BCUT2D eigenvalue weighted by Gasteiger charge is -2.25. The second kappa shape index (κ2) is 6.69. The number of anilines is 2. The molecule has 124 valence electrons. The van der Waals surface area contributed by atoms with Crippen LogP contribution < -0.4 is 10.2 Å². The van der Waals surface area contributed by atoms with Gasteiger partial charge in [-0.3, -0.25) is 4.99 Å². The first-order valence-corrected chi connectivity index (χ1v) is 8.73. The molecule has 0 radical (unpaired) electrons. The van der Waals surface area contributed by atoms with E-state index in [0.717, 1.165) is 22.1 Å². The maximum atomic E-state index is 13.0. The summed E-state index contributed by atoms with van der Waals surface area (Å²) in [4.78, 5) is 19.3. The SMILES string of the molecule is Cc1ccccc1N(C(=O)Nc1ccccc1)C1=NCC(C)(C)S1.